The van der Waals surface area contributed by atoms with Gasteiger partial charge in [0.1, 0.15) is 11.4 Å². The zero-order valence-corrected chi connectivity index (χ0v) is 25.7. The number of carbonyl (C=O) groups excluding carboxylic acids is 1. The van der Waals surface area contributed by atoms with E-state index in [0.717, 1.165) is 47.2 Å². The van der Waals surface area contributed by atoms with Gasteiger partial charge in [-0.2, -0.15) is 0 Å². The third kappa shape index (κ3) is 7.26. The molecule has 7 heteroatoms. The van der Waals surface area contributed by atoms with Crippen LogP contribution in [0.2, 0.25) is 10.0 Å². The number of aromatic nitrogens is 1. The highest BCUT2D eigenvalue weighted by Gasteiger charge is 2.25. The molecule has 0 aliphatic heterocycles. The summed E-state index contributed by atoms with van der Waals surface area (Å²) in [5.41, 5.74) is 3.68. The van der Waals surface area contributed by atoms with E-state index in [2.05, 4.69) is 34.7 Å². The fourth-order valence-corrected chi connectivity index (χ4v) is 5.84. The fraction of sp³-hybridized carbons (Fsp3) is 0.344. The molecule has 0 fully saturated rings. The number of benzene rings is 2. The van der Waals surface area contributed by atoms with Gasteiger partial charge in [-0.3, -0.25) is 4.79 Å². The van der Waals surface area contributed by atoms with Crippen LogP contribution in [0.4, 0.5) is 0 Å². The number of halogens is 3. The minimum absolute atomic E-state index is 0.122. The van der Waals surface area contributed by atoms with Crippen molar-refractivity contribution in [2.75, 3.05) is 26.2 Å². The first-order valence-corrected chi connectivity index (χ1v) is 15.2. The van der Waals surface area contributed by atoms with Gasteiger partial charge in [0, 0.05) is 28.9 Å². The molecule has 2 heterocycles. The van der Waals surface area contributed by atoms with Gasteiger partial charge in [0.25, 0.3) is 0 Å². The molecule has 0 saturated heterocycles. The normalized spacial score (nSPS) is 11.4. The van der Waals surface area contributed by atoms with Crippen LogP contribution in [0.15, 0.2) is 71.3 Å². The summed E-state index contributed by atoms with van der Waals surface area (Å²) in [7, 11) is 0. The number of pyridine rings is 1. The average molecular weight is 630 g/mol. The van der Waals surface area contributed by atoms with E-state index < -0.39 is 0 Å². The van der Waals surface area contributed by atoms with Gasteiger partial charge in [-0.25, -0.2) is 0 Å². The molecule has 2 aromatic carbocycles. The van der Waals surface area contributed by atoms with Gasteiger partial charge < -0.3 is 14.0 Å². The lowest BCUT2D eigenvalue weighted by Gasteiger charge is -2.22. The van der Waals surface area contributed by atoms with E-state index >= 15 is 0 Å². The fourth-order valence-electron chi connectivity index (χ4n) is 4.74. The SMILES string of the molecule is CCCCN(CCCC)CCCOc1ccc(C(=O)c2c(-c3ccc(Cl)cc3)c(Br)c3ccccn23)cc1Cl. The first kappa shape index (κ1) is 29.7. The van der Waals surface area contributed by atoms with Crippen LogP contribution in [0.3, 0.4) is 0 Å². The Labute approximate surface area is 250 Å². The van der Waals surface area contributed by atoms with Crippen molar-refractivity contribution in [2.45, 2.75) is 46.0 Å². The van der Waals surface area contributed by atoms with Gasteiger partial charge in [0.05, 0.1) is 21.6 Å². The molecule has 0 aliphatic carbocycles. The van der Waals surface area contributed by atoms with Crippen molar-refractivity contribution >= 4 is 50.4 Å². The Hall–Kier alpha value is -2.31. The molecule has 0 radical (unpaired) electrons. The first-order chi connectivity index (χ1) is 18.9. The Morgan fingerprint density at radius 1 is 0.923 bits per heavy atom. The Balaban J connectivity index is 1.52. The van der Waals surface area contributed by atoms with Crippen molar-refractivity contribution < 1.29 is 9.53 Å². The summed E-state index contributed by atoms with van der Waals surface area (Å²) in [4.78, 5) is 16.5. The number of ketones is 1. The maximum absolute atomic E-state index is 13.9. The lowest BCUT2D eigenvalue weighted by Crippen LogP contribution is -2.28. The lowest BCUT2D eigenvalue weighted by atomic mass is 10.00. The number of hydrogen-bond acceptors (Lipinski definition) is 3. The summed E-state index contributed by atoms with van der Waals surface area (Å²) in [6, 6.07) is 18.7. The zero-order chi connectivity index (χ0) is 27.8. The predicted molar refractivity (Wildman–Crippen MR) is 167 cm³/mol. The molecule has 39 heavy (non-hydrogen) atoms. The van der Waals surface area contributed by atoms with Crippen LogP contribution in [-0.2, 0) is 0 Å². The van der Waals surface area contributed by atoms with E-state index in [1.807, 2.05) is 53.1 Å². The molecule has 4 aromatic rings. The molecule has 0 aliphatic rings. The van der Waals surface area contributed by atoms with Gasteiger partial charge in [0.2, 0.25) is 5.78 Å². The smallest absolute Gasteiger partial charge is 0.210 e. The predicted octanol–water partition coefficient (Wildman–Crippen LogP) is 9.58. The largest absolute Gasteiger partial charge is 0.492 e. The van der Waals surface area contributed by atoms with Crippen LogP contribution >= 0.6 is 39.1 Å². The van der Waals surface area contributed by atoms with E-state index in [4.69, 9.17) is 27.9 Å². The van der Waals surface area contributed by atoms with Crippen molar-refractivity contribution in [1.29, 1.82) is 0 Å². The number of rotatable bonds is 14. The van der Waals surface area contributed by atoms with Crippen LogP contribution in [0.1, 0.15) is 62.0 Å². The van der Waals surface area contributed by atoms with Gasteiger partial charge >= 0.3 is 0 Å². The lowest BCUT2D eigenvalue weighted by molar-refractivity contribution is 0.103. The summed E-state index contributed by atoms with van der Waals surface area (Å²) in [6.07, 6.45) is 7.68. The maximum atomic E-state index is 13.9. The minimum atomic E-state index is -0.122. The Morgan fingerprint density at radius 3 is 2.28 bits per heavy atom. The van der Waals surface area contributed by atoms with Gasteiger partial charge in [-0.1, -0.05) is 68.1 Å². The Morgan fingerprint density at radius 2 is 1.62 bits per heavy atom. The number of unbranched alkanes of at least 4 members (excludes halogenated alkanes) is 2. The zero-order valence-electron chi connectivity index (χ0n) is 22.6. The second-order valence-electron chi connectivity index (χ2n) is 9.73. The molecule has 2 aromatic heterocycles. The van der Waals surface area contributed by atoms with Crippen LogP contribution in [0, 0.1) is 0 Å². The standard InChI is InChI=1S/C32H35BrCl2N2O2/c1-3-5-17-36(18-6-4-2)19-9-21-39-28-16-13-24(22-26(28)35)32(38)31-29(23-11-14-25(34)15-12-23)30(33)27-10-7-8-20-37(27)31/h7-8,10-16,20,22H,3-6,9,17-19,21H2,1-2H3. The quantitative estimate of drug-likeness (QED) is 0.103. The summed E-state index contributed by atoms with van der Waals surface area (Å²) in [6.45, 7) is 8.32. The van der Waals surface area contributed by atoms with Gasteiger partial charge in [0.15, 0.2) is 0 Å². The maximum Gasteiger partial charge on any atom is 0.210 e. The highest BCUT2D eigenvalue weighted by atomic mass is 79.9. The van der Waals surface area contributed by atoms with Gasteiger partial charge in [-0.15, -0.1) is 0 Å². The Bertz CT molecular complexity index is 1390. The number of carbonyl (C=O) groups is 1. The van der Waals surface area contributed by atoms with E-state index in [0.29, 0.717) is 33.7 Å². The molecule has 0 bridgehead atoms. The summed E-state index contributed by atoms with van der Waals surface area (Å²) < 4.78 is 8.79. The summed E-state index contributed by atoms with van der Waals surface area (Å²) in [5, 5.41) is 1.08. The molecule has 206 valence electrons. The molecule has 0 N–H and O–H groups in total. The number of nitrogens with zero attached hydrogens (tertiary/aromatic N) is 2. The number of ether oxygens (including phenoxy) is 1. The van der Waals surface area contributed by atoms with Crippen molar-refractivity contribution in [3.63, 3.8) is 0 Å². The van der Waals surface area contributed by atoms with E-state index in [1.165, 1.54) is 25.7 Å². The second kappa shape index (κ2) is 14.4. The van der Waals surface area contributed by atoms with E-state index in [1.54, 1.807) is 18.2 Å². The van der Waals surface area contributed by atoms with E-state index in [9.17, 15) is 4.79 Å². The average Bonchev–Trinajstić information content (AvgIpc) is 3.25. The third-order valence-corrected chi connectivity index (χ3v) is 8.21. The molecule has 0 unspecified atom stereocenters. The monoisotopic (exact) mass is 628 g/mol. The van der Waals surface area contributed by atoms with Crippen LogP contribution < -0.4 is 4.74 Å². The second-order valence-corrected chi connectivity index (χ2v) is 11.4. The topological polar surface area (TPSA) is 34.0 Å². The summed E-state index contributed by atoms with van der Waals surface area (Å²) >= 11 is 16.5. The Kier molecular flexibility index (Phi) is 10.9. The molecule has 0 spiro atoms. The molecular formula is C32H35BrCl2N2O2. The molecule has 0 atom stereocenters. The van der Waals surface area contributed by atoms with Crippen LogP contribution in [0.5, 0.6) is 5.75 Å². The van der Waals surface area contributed by atoms with Crippen molar-refractivity contribution in [3.8, 4) is 16.9 Å². The van der Waals surface area contributed by atoms with Crippen molar-refractivity contribution in [3.05, 3.63) is 92.6 Å². The summed E-state index contributed by atoms with van der Waals surface area (Å²) in [5.74, 6) is 0.476. The van der Waals surface area contributed by atoms with E-state index in [-0.39, 0.29) is 5.78 Å². The molecule has 0 amide bonds. The molecule has 4 rings (SSSR count). The third-order valence-electron chi connectivity index (χ3n) is 6.86. The van der Waals surface area contributed by atoms with Crippen LogP contribution in [0.25, 0.3) is 16.6 Å². The highest BCUT2D eigenvalue weighted by molar-refractivity contribution is 9.10. The van der Waals surface area contributed by atoms with Crippen molar-refractivity contribution in [1.82, 2.24) is 9.30 Å². The molecular weight excluding hydrogens is 595 g/mol. The minimum Gasteiger partial charge on any atom is -0.492 e. The highest BCUT2D eigenvalue weighted by Crippen LogP contribution is 2.39. The first-order valence-electron chi connectivity index (χ1n) is 13.7. The molecule has 4 nitrogen and oxygen atoms in total. The molecule has 0 saturated carbocycles. The van der Waals surface area contributed by atoms with Crippen molar-refractivity contribution in [2.24, 2.45) is 0 Å². The van der Waals surface area contributed by atoms with Gasteiger partial charge in [-0.05, 0) is 96.3 Å². The number of hydrogen-bond donors (Lipinski definition) is 0. The van der Waals surface area contributed by atoms with Crippen LogP contribution in [-0.4, -0.2) is 41.3 Å². The number of fused-ring (bicyclic) bond motifs is 1.